The summed E-state index contributed by atoms with van der Waals surface area (Å²) in [6.45, 7) is 10.4. The number of ether oxygens (including phenoxy) is 1. The van der Waals surface area contributed by atoms with Gasteiger partial charge in [0, 0.05) is 26.1 Å². The van der Waals surface area contributed by atoms with Gasteiger partial charge < -0.3 is 19.4 Å². The summed E-state index contributed by atoms with van der Waals surface area (Å²) in [6, 6.07) is 3.75. The lowest BCUT2D eigenvalue weighted by Gasteiger charge is -2.40. The Kier molecular flexibility index (Phi) is 5.74. The molecule has 2 rings (SSSR count). The minimum atomic E-state index is -0.0720. The molecule has 1 N–H and O–H groups in total. The van der Waals surface area contributed by atoms with E-state index in [9.17, 15) is 4.79 Å². The molecule has 5 heteroatoms. The molecule has 1 aliphatic heterocycles. The smallest absolute Gasteiger partial charge is 0.317 e. The number of nitrogens with zero attached hydrogens (tertiary/aromatic N) is 1. The Morgan fingerprint density at radius 3 is 2.74 bits per heavy atom. The Morgan fingerprint density at radius 1 is 1.39 bits per heavy atom. The molecule has 130 valence electrons. The van der Waals surface area contributed by atoms with Gasteiger partial charge in [0.05, 0.1) is 12.6 Å². The van der Waals surface area contributed by atoms with Crippen molar-refractivity contribution in [2.24, 2.45) is 11.3 Å². The first-order valence-electron chi connectivity index (χ1n) is 8.43. The van der Waals surface area contributed by atoms with Crippen molar-refractivity contribution in [1.82, 2.24) is 10.2 Å². The van der Waals surface area contributed by atoms with Crippen LogP contribution in [-0.2, 0) is 11.3 Å². The summed E-state index contributed by atoms with van der Waals surface area (Å²) in [6.07, 6.45) is 2.35. The number of aryl methyl sites for hydroxylation is 1. The average molecular weight is 322 g/mol. The highest BCUT2D eigenvalue weighted by atomic mass is 16.5. The lowest BCUT2D eigenvalue weighted by Crippen LogP contribution is -2.47. The van der Waals surface area contributed by atoms with Gasteiger partial charge in [-0.2, -0.15) is 0 Å². The second kappa shape index (κ2) is 7.39. The summed E-state index contributed by atoms with van der Waals surface area (Å²) < 4.78 is 11.5. The summed E-state index contributed by atoms with van der Waals surface area (Å²) in [5.41, 5.74) is 0.0907. The fourth-order valence-electron chi connectivity index (χ4n) is 3.24. The molecule has 2 unspecified atom stereocenters. The third-order valence-corrected chi connectivity index (χ3v) is 4.35. The Morgan fingerprint density at radius 2 is 2.13 bits per heavy atom. The largest absolute Gasteiger partial charge is 0.464 e. The first-order valence-corrected chi connectivity index (χ1v) is 8.43. The van der Waals surface area contributed by atoms with Crippen LogP contribution in [0.15, 0.2) is 16.5 Å². The molecule has 0 aliphatic carbocycles. The molecule has 0 saturated carbocycles. The van der Waals surface area contributed by atoms with Crippen LogP contribution >= 0.6 is 0 Å². The van der Waals surface area contributed by atoms with E-state index in [4.69, 9.17) is 9.15 Å². The normalized spacial score (nSPS) is 22.0. The van der Waals surface area contributed by atoms with Crippen LogP contribution in [0.25, 0.3) is 0 Å². The molecule has 2 amide bonds. The number of furan rings is 1. The zero-order valence-electron chi connectivity index (χ0n) is 15.0. The molecule has 1 fully saturated rings. The van der Waals surface area contributed by atoms with E-state index in [0.717, 1.165) is 31.0 Å². The van der Waals surface area contributed by atoms with Gasteiger partial charge >= 0.3 is 6.03 Å². The van der Waals surface area contributed by atoms with Crippen LogP contribution in [0.4, 0.5) is 4.79 Å². The Labute approximate surface area is 139 Å². The topological polar surface area (TPSA) is 54.7 Å². The zero-order valence-corrected chi connectivity index (χ0v) is 15.0. The summed E-state index contributed by atoms with van der Waals surface area (Å²) >= 11 is 0. The number of hydrogen-bond acceptors (Lipinski definition) is 3. The molecule has 23 heavy (non-hydrogen) atoms. The van der Waals surface area contributed by atoms with Crippen molar-refractivity contribution >= 4 is 6.03 Å². The second-order valence-corrected chi connectivity index (χ2v) is 7.61. The fourth-order valence-corrected chi connectivity index (χ4v) is 3.24. The van der Waals surface area contributed by atoms with Crippen molar-refractivity contribution in [3.8, 4) is 0 Å². The van der Waals surface area contributed by atoms with E-state index in [2.05, 4.69) is 26.1 Å². The molecule has 0 aromatic carbocycles. The maximum atomic E-state index is 12.3. The zero-order chi connectivity index (χ0) is 17.0. The van der Waals surface area contributed by atoms with E-state index < -0.39 is 0 Å². The van der Waals surface area contributed by atoms with Gasteiger partial charge in [-0.3, -0.25) is 0 Å². The molecule has 2 heterocycles. The average Bonchev–Trinajstić information content (AvgIpc) is 2.89. The second-order valence-electron chi connectivity index (χ2n) is 7.61. The van der Waals surface area contributed by atoms with Crippen LogP contribution in [0, 0.1) is 18.3 Å². The van der Waals surface area contributed by atoms with Gasteiger partial charge in [-0.05, 0) is 37.3 Å². The van der Waals surface area contributed by atoms with Crippen molar-refractivity contribution < 1.29 is 13.9 Å². The summed E-state index contributed by atoms with van der Waals surface area (Å²) in [5.74, 6) is 2.03. The van der Waals surface area contributed by atoms with Gasteiger partial charge in [-0.1, -0.05) is 20.8 Å². The summed E-state index contributed by atoms with van der Waals surface area (Å²) in [7, 11) is 1.78. The molecule has 2 atom stereocenters. The Bertz CT molecular complexity index is 519. The highest BCUT2D eigenvalue weighted by Gasteiger charge is 2.35. The van der Waals surface area contributed by atoms with E-state index in [-0.39, 0.29) is 17.6 Å². The van der Waals surface area contributed by atoms with Gasteiger partial charge in [-0.15, -0.1) is 0 Å². The molecule has 1 aromatic rings. The quantitative estimate of drug-likeness (QED) is 0.922. The lowest BCUT2D eigenvalue weighted by atomic mass is 9.78. The number of carbonyl (C=O) groups is 1. The third-order valence-electron chi connectivity index (χ3n) is 4.35. The number of urea groups is 1. The van der Waals surface area contributed by atoms with Gasteiger partial charge in [0.2, 0.25) is 0 Å². The highest BCUT2D eigenvalue weighted by molar-refractivity contribution is 5.73. The van der Waals surface area contributed by atoms with Crippen LogP contribution in [0.5, 0.6) is 0 Å². The predicted molar refractivity (Wildman–Crippen MR) is 90.2 cm³/mol. The lowest BCUT2D eigenvalue weighted by molar-refractivity contribution is -0.0839. The van der Waals surface area contributed by atoms with E-state index in [1.54, 1.807) is 11.9 Å². The molecule has 0 bridgehead atoms. The van der Waals surface area contributed by atoms with Gasteiger partial charge in [0.15, 0.2) is 0 Å². The van der Waals surface area contributed by atoms with E-state index in [0.29, 0.717) is 19.0 Å². The number of rotatable bonds is 4. The molecular formula is C18H30N2O3. The minimum Gasteiger partial charge on any atom is -0.464 e. The standard InChI is InChI=1S/C18H30N2O3/c1-13-8-9-15(23-13)12-20(5)17(21)19-11-14-7-6-10-22-16(14)18(2,3)4/h8-9,14,16H,6-7,10-12H2,1-5H3,(H,19,21). The maximum absolute atomic E-state index is 12.3. The first-order chi connectivity index (χ1) is 10.8. The van der Waals surface area contributed by atoms with Crippen molar-refractivity contribution in [3.63, 3.8) is 0 Å². The van der Waals surface area contributed by atoms with Crippen LogP contribution in [0.2, 0.25) is 0 Å². The van der Waals surface area contributed by atoms with Gasteiger partial charge in [0.1, 0.15) is 11.5 Å². The maximum Gasteiger partial charge on any atom is 0.317 e. The number of carbonyl (C=O) groups excluding carboxylic acids is 1. The van der Waals surface area contributed by atoms with Crippen LogP contribution in [-0.4, -0.2) is 37.2 Å². The number of amides is 2. The number of hydrogen-bond donors (Lipinski definition) is 1. The van der Waals surface area contributed by atoms with Gasteiger partial charge in [-0.25, -0.2) is 4.79 Å². The monoisotopic (exact) mass is 322 g/mol. The van der Waals surface area contributed by atoms with Crippen LogP contribution in [0.1, 0.15) is 45.1 Å². The van der Waals surface area contributed by atoms with Crippen LogP contribution in [0.3, 0.4) is 0 Å². The summed E-state index contributed by atoms with van der Waals surface area (Å²) in [4.78, 5) is 13.9. The van der Waals surface area contributed by atoms with Crippen LogP contribution < -0.4 is 5.32 Å². The molecule has 0 radical (unpaired) electrons. The number of nitrogens with one attached hydrogen (secondary N) is 1. The van der Waals surface area contributed by atoms with E-state index >= 15 is 0 Å². The van der Waals surface area contributed by atoms with Crippen molar-refractivity contribution in [2.75, 3.05) is 20.2 Å². The molecule has 5 nitrogen and oxygen atoms in total. The van der Waals surface area contributed by atoms with E-state index in [1.165, 1.54) is 0 Å². The molecular weight excluding hydrogens is 292 g/mol. The molecule has 0 spiro atoms. The first kappa shape index (κ1) is 17.9. The van der Waals surface area contributed by atoms with Crippen molar-refractivity contribution in [3.05, 3.63) is 23.7 Å². The Balaban J connectivity index is 1.84. The molecule has 1 saturated heterocycles. The van der Waals surface area contributed by atoms with Gasteiger partial charge in [0.25, 0.3) is 0 Å². The van der Waals surface area contributed by atoms with Crippen molar-refractivity contribution in [2.45, 2.75) is 53.2 Å². The fraction of sp³-hybridized carbons (Fsp3) is 0.722. The van der Waals surface area contributed by atoms with Crippen molar-refractivity contribution in [1.29, 1.82) is 0 Å². The third kappa shape index (κ3) is 4.99. The SMILES string of the molecule is Cc1ccc(CN(C)C(=O)NCC2CCCOC2C(C)(C)C)o1. The summed E-state index contributed by atoms with van der Waals surface area (Å²) in [5, 5.41) is 3.05. The molecule has 1 aromatic heterocycles. The predicted octanol–water partition coefficient (Wildman–Crippen LogP) is 3.57. The molecule has 1 aliphatic rings. The highest BCUT2D eigenvalue weighted by Crippen LogP contribution is 2.33. The van der Waals surface area contributed by atoms with E-state index in [1.807, 2.05) is 19.1 Å². The Hall–Kier alpha value is -1.49. The minimum absolute atomic E-state index is 0.0720.